The van der Waals surface area contributed by atoms with E-state index in [9.17, 15) is 4.79 Å². The topological polar surface area (TPSA) is 52.9 Å². The highest BCUT2D eigenvalue weighted by Crippen LogP contribution is 2.13. The van der Waals surface area contributed by atoms with Crippen molar-refractivity contribution in [1.82, 2.24) is 5.32 Å². The van der Waals surface area contributed by atoms with Crippen LogP contribution in [0.15, 0.2) is 11.4 Å². The average Bonchev–Trinajstić information content (AvgIpc) is 2.52. The highest BCUT2D eigenvalue weighted by Gasteiger charge is 2.06. The molecule has 1 aromatic rings. The number of hydrogen-bond acceptors (Lipinski definition) is 4. The molecule has 12 heavy (non-hydrogen) atoms. The number of hydrogen-bond donors (Lipinski definition) is 1. The van der Waals surface area contributed by atoms with Crippen molar-refractivity contribution < 1.29 is 4.79 Å². The third kappa shape index (κ3) is 1.91. The van der Waals surface area contributed by atoms with Gasteiger partial charge < -0.3 is 5.32 Å². The fourth-order valence-electron chi connectivity index (χ4n) is 0.789. The lowest BCUT2D eigenvalue weighted by atomic mass is 10.3. The monoisotopic (exact) mass is 180 g/mol. The Morgan fingerprint density at radius 2 is 2.58 bits per heavy atom. The average molecular weight is 180 g/mol. The minimum atomic E-state index is 0.0315. The molecule has 0 unspecified atom stereocenters. The number of nitriles is 1. The van der Waals surface area contributed by atoms with Gasteiger partial charge in [0.15, 0.2) is 5.78 Å². The maximum Gasteiger partial charge on any atom is 0.186 e. The number of thiophene rings is 1. The van der Waals surface area contributed by atoms with Crippen molar-refractivity contribution in [2.45, 2.75) is 0 Å². The lowest BCUT2D eigenvalue weighted by Crippen LogP contribution is -2.17. The summed E-state index contributed by atoms with van der Waals surface area (Å²) in [5, 5.41) is 12.9. The lowest BCUT2D eigenvalue weighted by molar-refractivity contribution is 0.0997. The standard InChI is InChI=1S/C8H8N2OS/c1-10-4-7(11)8-2-6(3-9)5-12-8/h2,5,10H,4H2,1H3. The molecule has 0 saturated heterocycles. The molecule has 1 heterocycles. The van der Waals surface area contributed by atoms with E-state index in [4.69, 9.17) is 5.26 Å². The summed E-state index contributed by atoms with van der Waals surface area (Å²) in [5.41, 5.74) is 0.555. The second-order valence-electron chi connectivity index (χ2n) is 2.26. The first-order valence-corrected chi connectivity index (χ1v) is 4.32. The second-order valence-corrected chi connectivity index (χ2v) is 3.18. The fraction of sp³-hybridized carbons (Fsp3) is 0.250. The van der Waals surface area contributed by atoms with Gasteiger partial charge in [-0.15, -0.1) is 11.3 Å². The van der Waals surface area contributed by atoms with Crippen LogP contribution in [0.2, 0.25) is 0 Å². The zero-order valence-electron chi connectivity index (χ0n) is 6.63. The van der Waals surface area contributed by atoms with Crippen molar-refractivity contribution in [3.05, 3.63) is 21.9 Å². The fourth-order valence-corrected chi connectivity index (χ4v) is 1.56. The number of rotatable bonds is 3. The van der Waals surface area contributed by atoms with E-state index < -0.39 is 0 Å². The molecule has 4 heteroatoms. The van der Waals surface area contributed by atoms with Crippen LogP contribution in [0.1, 0.15) is 15.2 Å². The van der Waals surface area contributed by atoms with Crippen molar-refractivity contribution >= 4 is 17.1 Å². The van der Waals surface area contributed by atoms with E-state index in [2.05, 4.69) is 5.32 Å². The first kappa shape index (κ1) is 8.91. The summed E-state index contributed by atoms with van der Waals surface area (Å²) < 4.78 is 0. The highest BCUT2D eigenvalue weighted by atomic mass is 32.1. The predicted octanol–water partition coefficient (Wildman–Crippen LogP) is 1.02. The van der Waals surface area contributed by atoms with Crippen LogP contribution in [0.5, 0.6) is 0 Å². The molecule has 1 N–H and O–H groups in total. The van der Waals surface area contributed by atoms with Gasteiger partial charge in [0.25, 0.3) is 0 Å². The van der Waals surface area contributed by atoms with Crippen LogP contribution < -0.4 is 5.32 Å². The Bertz CT molecular complexity index is 324. The van der Waals surface area contributed by atoms with Crippen molar-refractivity contribution in [2.24, 2.45) is 0 Å². The second kappa shape index (κ2) is 4.00. The lowest BCUT2D eigenvalue weighted by Gasteiger charge is -1.92. The van der Waals surface area contributed by atoms with Gasteiger partial charge in [0.2, 0.25) is 0 Å². The van der Waals surface area contributed by atoms with Gasteiger partial charge in [-0.1, -0.05) is 0 Å². The zero-order valence-corrected chi connectivity index (χ0v) is 7.44. The summed E-state index contributed by atoms with van der Waals surface area (Å²) in [7, 11) is 1.72. The van der Waals surface area contributed by atoms with Gasteiger partial charge in [0.1, 0.15) is 6.07 Å². The smallest absolute Gasteiger partial charge is 0.186 e. The molecule has 0 aliphatic carbocycles. The zero-order chi connectivity index (χ0) is 8.97. The molecular formula is C8H8N2OS. The van der Waals surface area contributed by atoms with Crippen LogP contribution in [-0.2, 0) is 0 Å². The molecule has 1 aromatic heterocycles. The van der Waals surface area contributed by atoms with E-state index in [1.807, 2.05) is 6.07 Å². The van der Waals surface area contributed by atoms with Gasteiger partial charge in [-0.05, 0) is 13.1 Å². The van der Waals surface area contributed by atoms with Gasteiger partial charge in [0.05, 0.1) is 17.0 Å². The van der Waals surface area contributed by atoms with E-state index in [1.54, 1.807) is 18.5 Å². The maximum atomic E-state index is 11.2. The van der Waals surface area contributed by atoms with Crippen molar-refractivity contribution in [1.29, 1.82) is 5.26 Å². The molecule has 0 aliphatic rings. The molecule has 0 amide bonds. The van der Waals surface area contributed by atoms with Gasteiger partial charge in [-0.2, -0.15) is 5.26 Å². The number of carbonyl (C=O) groups is 1. The Morgan fingerprint density at radius 1 is 1.83 bits per heavy atom. The Hall–Kier alpha value is -1.18. The third-order valence-corrected chi connectivity index (χ3v) is 2.31. The van der Waals surface area contributed by atoms with Crippen LogP contribution in [0.25, 0.3) is 0 Å². The van der Waals surface area contributed by atoms with E-state index in [-0.39, 0.29) is 5.78 Å². The number of carbonyl (C=O) groups excluding carboxylic acids is 1. The number of likely N-dealkylation sites (N-methyl/N-ethyl adjacent to an activating group) is 1. The predicted molar refractivity (Wildman–Crippen MR) is 47.3 cm³/mol. The minimum Gasteiger partial charge on any atom is -0.313 e. The highest BCUT2D eigenvalue weighted by molar-refractivity contribution is 7.12. The molecule has 62 valence electrons. The molecular weight excluding hydrogens is 172 g/mol. The van der Waals surface area contributed by atoms with Gasteiger partial charge in [-0.3, -0.25) is 4.79 Å². The van der Waals surface area contributed by atoms with E-state index >= 15 is 0 Å². The summed E-state index contributed by atoms with van der Waals surface area (Å²) >= 11 is 1.31. The van der Waals surface area contributed by atoms with E-state index in [1.165, 1.54) is 11.3 Å². The van der Waals surface area contributed by atoms with Crippen LogP contribution in [0, 0.1) is 11.3 Å². The van der Waals surface area contributed by atoms with Crippen molar-refractivity contribution in [2.75, 3.05) is 13.6 Å². The van der Waals surface area contributed by atoms with E-state index in [0.717, 1.165) is 0 Å². The van der Waals surface area contributed by atoms with Gasteiger partial charge >= 0.3 is 0 Å². The number of Topliss-reactive ketones (excluding diaryl/α,β-unsaturated/α-hetero) is 1. The first-order chi connectivity index (χ1) is 5.77. The van der Waals surface area contributed by atoms with Gasteiger partial charge in [0, 0.05) is 5.38 Å². The SMILES string of the molecule is CNCC(=O)c1cc(C#N)cs1. The molecule has 0 radical (unpaired) electrons. The number of nitrogens with zero attached hydrogens (tertiary/aromatic N) is 1. The van der Waals surface area contributed by atoms with E-state index in [0.29, 0.717) is 17.0 Å². The number of nitrogens with one attached hydrogen (secondary N) is 1. The molecule has 0 bridgehead atoms. The molecule has 3 nitrogen and oxygen atoms in total. The Labute approximate surface area is 74.6 Å². The molecule has 0 spiro atoms. The largest absolute Gasteiger partial charge is 0.313 e. The maximum absolute atomic E-state index is 11.2. The van der Waals surface area contributed by atoms with Crippen LogP contribution >= 0.6 is 11.3 Å². The molecule has 1 rings (SSSR count). The Kier molecular flexibility index (Phi) is 2.97. The van der Waals surface area contributed by atoms with Crippen LogP contribution in [-0.4, -0.2) is 19.4 Å². The summed E-state index contributed by atoms with van der Waals surface area (Å²) in [6.07, 6.45) is 0. The summed E-state index contributed by atoms with van der Waals surface area (Å²) in [6, 6.07) is 3.60. The molecule has 0 saturated carbocycles. The number of ketones is 1. The van der Waals surface area contributed by atoms with Crippen molar-refractivity contribution in [3.63, 3.8) is 0 Å². The minimum absolute atomic E-state index is 0.0315. The van der Waals surface area contributed by atoms with Crippen LogP contribution in [0.4, 0.5) is 0 Å². The normalized spacial score (nSPS) is 9.33. The quantitative estimate of drug-likeness (QED) is 0.706. The Morgan fingerprint density at radius 3 is 3.08 bits per heavy atom. The summed E-state index contributed by atoms with van der Waals surface area (Å²) in [4.78, 5) is 11.9. The van der Waals surface area contributed by atoms with Crippen molar-refractivity contribution in [3.8, 4) is 6.07 Å². The summed E-state index contributed by atoms with van der Waals surface area (Å²) in [6.45, 7) is 0.325. The molecule has 0 aliphatic heterocycles. The third-order valence-electron chi connectivity index (χ3n) is 1.34. The Balaban J connectivity index is 2.76. The van der Waals surface area contributed by atoms with Crippen LogP contribution in [0.3, 0.4) is 0 Å². The first-order valence-electron chi connectivity index (χ1n) is 3.44. The summed E-state index contributed by atoms with van der Waals surface area (Å²) in [5.74, 6) is 0.0315. The molecule has 0 atom stereocenters. The molecule has 0 fully saturated rings. The molecule has 0 aromatic carbocycles. The van der Waals surface area contributed by atoms with Gasteiger partial charge in [-0.25, -0.2) is 0 Å².